The van der Waals surface area contributed by atoms with Crippen LogP contribution in [0.15, 0.2) is 72.9 Å². The average Bonchev–Trinajstić information content (AvgIpc) is 3.47. The van der Waals surface area contributed by atoms with Crippen LogP contribution in [0.3, 0.4) is 0 Å². The van der Waals surface area contributed by atoms with Gasteiger partial charge in [0.05, 0.1) is 32.0 Å². The van der Waals surface area contributed by atoms with Gasteiger partial charge in [0.15, 0.2) is 12.6 Å². The topological polar surface area (TPSA) is 228 Å². The Morgan fingerprint density at radius 2 is 0.873 bits per heavy atom. The molecule has 2 saturated heterocycles. The normalized spacial score (nSPS) is 24.9. The van der Waals surface area contributed by atoms with Gasteiger partial charge in [-0.05, 0) is 64.2 Å². The zero-order valence-corrected chi connectivity index (χ0v) is 49.3. The first kappa shape index (κ1) is 72.5. The molecule has 2 aliphatic heterocycles. The SMILES string of the molecule is CC/C=C\C/C=C\C/C=C\C/C=C\C/C=C\CCCCCCCC(=O)NC(COC1OC(CO)C(OC2OC(CO)C(O)C(O)C2O)C(O)C1O)C(O)/C=C/CCCCCCCCCCCCCCCCCCCCCCCC. The molecule has 0 saturated carbocycles. The summed E-state index contributed by atoms with van der Waals surface area (Å²) in [4.78, 5) is 13.3. The van der Waals surface area contributed by atoms with Gasteiger partial charge in [-0.1, -0.05) is 241 Å². The molecule has 0 spiro atoms. The second-order valence-electron chi connectivity index (χ2n) is 22.2. The first-order valence-electron chi connectivity index (χ1n) is 31.7. The van der Waals surface area contributed by atoms with Crippen LogP contribution in [0, 0.1) is 0 Å². The highest BCUT2D eigenvalue weighted by Gasteiger charge is 2.51. The number of carbonyl (C=O) groups excluding carboxylic acids is 1. The van der Waals surface area contributed by atoms with E-state index in [1.807, 2.05) is 6.08 Å². The van der Waals surface area contributed by atoms with Crippen LogP contribution in [-0.2, 0) is 23.7 Å². The van der Waals surface area contributed by atoms with Crippen LogP contribution in [0.5, 0.6) is 0 Å². The molecule has 12 unspecified atom stereocenters. The van der Waals surface area contributed by atoms with Crippen LogP contribution in [0.2, 0.25) is 0 Å². The van der Waals surface area contributed by atoms with E-state index in [1.54, 1.807) is 6.08 Å². The average molecular weight is 1120 g/mol. The predicted octanol–water partition coefficient (Wildman–Crippen LogP) is 11.5. The Morgan fingerprint density at radius 3 is 1.34 bits per heavy atom. The Balaban J connectivity index is 1.76. The maximum Gasteiger partial charge on any atom is 0.220 e. The van der Waals surface area contributed by atoms with Gasteiger partial charge in [0, 0.05) is 6.42 Å². The van der Waals surface area contributed by atoms with Gasteiger partial charge in [-0.3, -0.25) is 4.79 Å². The number of ether oxygens (including phenoxy) is 4. The second kappa shape index (κ2) is 50.0. The van der Waals surface area contributed by atoms with Crippen molar-refractivity contribution < 1.29 is 64.6 Å². The molecule has 9 N–H and O–H groups in total. The number of hydrogen-bond acceptors (Lipinski definition) is 13. The van der Waals surface area contributed by atoms with E-state index in [0.717, 1.165) is 83.5 Å². The van der Waals surface area contributed by atoms with Crippen molar-refractivity contribution in [3.05, 3.63) is 72.9 Å². The summed E-state index contributed by atoms with van der Waals surface area (Å²) < 4.78 is 22.8. The molecule has 2 rings (SSSR count). The number of rotatable bonds is 50. The fraction of sp³-hybridized carbons (Fsp3) is 0.800. The molecule has 2 aliphatic rings. The van der Waals surface area contributed by atoms with E-state index in [0.29, 0.717) is 6.42 Å². The molecule has 0 bridgehead atoms. The summed E-state index contributed by atoms with van der Waals surface area (Å²) in [6, 6.07) is -0.930. The van der Waals surface area contributed by atoms with Crippen LogP contribution in [-0.4, -0.2) is 140 Å². The van der Waals surface area contributed by atoms with E-state index < -0.39 is 86.8 Å². The Hall–Kier alpha value is -2.57. The van der Waals surface area contributed by atoms with Crippen molar-refractivity contribution in [1.82, 2.24) is 5.32 Å². The van der Waals surface area contributed by atoms with Crippen LogP contribution in [0.1, 0.15) is 239 Å². The van der Waals surface area contributed by atoms with Gasteiger partial charge in [-0.15, -0.1) is 0 Å². The molecule has 2 heterocycles. The second-order valence-corrected chi connectivity index (χ2v) is 22.2. The lowest BCUT2D eigenvalue weighted by Gasteiger charge is -2.46. The summed E-state index contributed by atoms with van der Waals surface area (Å²) in [7, 11) is 0. The number of carbonyl (C=O) groups is 1. The number of nitrogens with one attached hydrogen (secondary N) is 1. The van der Waals surface area contributed by atoms with Crippen molar-refractivity contribution in [1.29, 1.82) is 0 Å². The van der Waals surface area contributed by atoms with Crippen molar-refractivity contribution in [3.63, 3.8) is 0 Å². The third-order valence-corrected chi connectivity index (χ3v) is 15.1. The van der Waals surface area contributed by atoms with Gasteiger partial charge in [-0.2, -0.15) is 0 Å². The maximum atomic E-state index is 13.3. The third kappa shape index (κ3) is 35.2. The monoisotopic (exact) mass is 1120 g/mol. The lowest BCUT2D eigenvalue weighted by molar-refractivity contribution is -0.359. The smallest absolute Gasteiger partial charge is 0.220 e. The van der Waals surface area contributed by atoms with E-state index in [4.69, 9.17) is 18.9 Å². The van der Waals surface area contributed by atoms with Gasteiger partial charge in [0.1, 0.15) is 48.8 Å². The van der Waals surface area contributed by atoms with E-state index >= 15 is 0 Å². The molecule has 14 nitrogen and oxygen atoms in total. The minimum absolute atomic E-state index is 0.256. The van der Waals surface area contributed by atoms with E-state index in [2.05, 4.69) is 79.9 Å². The Labute approximate surface area is 478 Å². The van der Waals surface area contributed by atoms with Crippen molar-refractivity contribution in [2.45, 2.75) is 312 Å². The summed E-state index contributed by atoms with van der Waals surface area (Å²) in [5.74, 6) is -0.259. The van der Waals surface area contributed by atoms with Crippen molar-refractivity contribution in [2.75, 3.05) is 19.8 Å². The van der Waals surface area contributed by atoms with Crippen molar-refractivity contribution in [2.24, 2.45) is 0 Å². The summed E-state index contributed by atoms with van der Waals surface area (Å²) in [5, 5.41) is 87.2. The summed E-state index contributed by atoms with van der Waals surface area (Å²) in [6.45, 7) is 2.68. The quantitative estimate of drug-likeness (QED) is 0.0204. The number of unbranched alkanes of at least 4 members (excludes halogenated alkanes) is 27. The van der Waals surface area contributed by atoms with Crippen molar-refractivity contribution in [3.8, 4) is 0 Å². The lowest BCUT2D eigenvalue weighted by atomic mass is 9.97. The minimum atomic E-state index is -1.79. The fourth-order valence-corrected chi connectivity index (χ4v) is 10.1. The molecular weight excluding hydrogens is 1000 g/mol. The Morgan fingerprint density at radius 1 is 0.468 bits per heavy atom. The van der Waals surface area contributed by atoms with Gasteiger partial charge < -0.3 is 65.1 Å². The largest absolute Gasteiger partial charge is 0.394 e. The molecule has 0 aromatic rings. The Bertz CT molecular complexity index is 1600. The van der Waals surface area contributed by atoms with Crippen LogP contribution in [0.25, 0.3) is 0 Å². The zero-order chi connectivity index (χ0) is 57.4. The van der Waals surface area contributed by atoms with Crippen LogP contribution >= 0.6 is 0 Å². The van der Waals surface area contributed by atoms with Crippen LogP contribution in [0.4, 0.5) is 0 Å². The van der Waals surface area contributed by atoms with Gasteiger partial charge in [-0.25, -0.2) is 0 Å². The van der Waals surface area contributed by atoms with E-state index in [9.17, 15) is 45.6 Å². The molecule has 79 heavy (non-hydrogen) atoms. The predicted molar refractivity (Wildman–Crippen MR) is 318 cm³/mol. The molecule has 0 aromatic heterocycles. The van der Waals surface area contributed by atoms with Gasteiger partial charge in [0.25, 0.3) is 0 Å². The highest BCUT2D eigenvalue weighted by atomic mass is 16.7. The zero-order valence-electron chi connectivity index (χ0n) is 49.3. The lowest BCUT2D eigenvalue weighted by Crippen LogP contribution is -2.65. The molecule has 12 atom stereocenters. The molecule has 1 amide bonds. The van der Waals surface area contributed by atoms with Crippen molar-refractivity contribution >= 4 is 5.91 Å². The standard InChI is InChI=1S/C65H115NO13/c1-3-5-7-9-11-13-15-17-19-21-23-25-26-27-29-30-32-34-36-38-40-42-44-46-48-54(69)53(52-76-64-62(75)60(73)63(56(51-68)78-64)79-65-61(74)59(72)58(71)55(50-67)77-65)66-57(70)49-47-45-43-41-39-37-35-33-31-28-24-22-20-18-16-14-12-10-8-6-4-2/h6,8,12,14,18,20,24,28,33,35,46,48,53-56,58-65,67-69,71-75H,3-5,7,9-11,13,15-17,19,21-23,25-27,29-32,34,36-45,47,49-52H2,1-2H3,(H,66,70)/b8-6-,14-12-,20-18-,28-24-,35-33-,48-46+. The number of amides is 1. The minimum Gasteiger partial charge on any atom is -0.394 e. The highest BCUT2D eigenvalue weighted by Crippen LogP contribution is 2.30. The molecule has 0 aromatic carbocycles. The van der Waals surface area contributed by atoms with Gasteiger partial charge in [0.2, 0.25) is 5.91 Å². The molecule has 458 valence electrons. The molecule has 14 heteroatoms. The third-order valence-electron chi connectivity index (χ3n) is 15.1. The number of aliphatic hydroxyl groups is 8. The molecule has 0 aliphatic carbocycles. The first-order chi connectivity index (χ1) is 38.6. The highest BCUT2D eigenvalue weighted by molar-refractivity contribution is 5.76. The number of aliphatic hydroxyl groups excluding tert-OH is 8. The molecular formula is C65H115NO13. The summed E-state index contributed by atoms with van der Waals surface area (Å²) >= 11 is 0. The summed E-state index contributed by atoms with van der Waals surface area (Å²) in [5.41, 5.74) is 0. The molecule has 0 radical (unpaired) electrons. The number of hydrogen-bond donors (Lipinski definition) is 9. The summed E-state index contributed by atoms with van der Waals surface area (Å²) in [6.07, 6.45) is 49.4. The van der Waals surface area contributed by atoms with Gasteiger partial charge >= 0.3 is 0 Å². The maximum absolute atomic E-state index is 13.3. The Kier molecular flexibility index (Phi) is 45.9. The van der Waals surface area contributed by atoms with E-state index in [-0.39, 0.29) is 18.9 Å². The first-order valence-corrected chi connectivity index (χ1v) is 31.7. The van der Waals surface area contributed by atoms with Crippen LogP contribution < -0.4 is 5.32 Å². The van der Waals surface area contributed by atoms with E-state index in [1.165, 1.54) is 128 Å². The number of allylic oxidation sites excluding steroid dienone is 11. The molecule has 2 fully saturated rings. The fourth-order valence-electron chi connectivity index (χ4n) is 10.1.